The quantitative estimate of drug-likeness (QED) is 0.682. The minimum Gasteiger partial charge on any atom is -0.343 e. The van der Waals surface area contributed by atoms with Gasteiger partial charge in [-0.2, -0.15) is 0 Å². The molecule has 2 heterocycles. The first kappa shape index (κ1) is 16.3. The molecule has 0 saturated carbocycles. The van der Waals surface area contributed by atoms with Crippen LogP contribution >= 0.6 is 0 Å². The third-order valence-electron chi connectivity index (χ3n) is 3.94. The molecule has 2 rings (SSSR count). The second kappa shape index (κ2) is 5.94. The van der Waals surface area contributed by atoms with Gasteiger partial charge in [0.2, 0.25) is 23.6 Å². The summed E-state index contributed by atoms with van der Waals surface area (Å²) in [5.41, 5.74) is -0.766. The first-order valence-corrected chi connectivity index (χ1v) is 7.40. The van der Waals surface area contributed by atoms with E-state index in [-0.39, 0.29) is 36.7 Å². The molecule has 2 aliphatic heterocycles. The van der Waals surface area contributed by atoms with Crippen molar-refractivity contribution in [2.75, 3.05) is 19.6 Å². The van der Waals surface area contributed by atoms with Crippen LogP contribution in [-0.2, 0) is 19.2 Å². The summed E-state index contributed by atoms with van der Waals surface area (Å²) >= 11 is 0. The lowest BCUT2D eigenvalue weighted by Gasteiger charge is -2.32. The number of nitrogens with zero attached hydrogens (tertiary/aromatic N) is 2. The molecule has 122 valence electrons. The summed E-state index contributed by atoms with van der Waals surface area (Å²) in [5.74, 6) is -0.957. The second-order valence-electron chi connectivity index (χ2n) is 6.24. The number of carbonyl (C=O) groups excluding carboxylic acids is 4. The van der Waals surface area contributed by atoms with E-state index in [1.54, 1.807) is 20.8 Å². The number of likely N-dealkylation sites (tertiary alicyclic amines) is 1. The van der Waals surface area contributed by atoms with Crippen LogP contribution in [0.3, 0.4) is 0 Å². The first-order valence-electron chi connectivity index (χ1n) is 7.40. The molecule has 0 bridgehead atoms. The summed E-state index contributed by atoms with van der Waals surface area (Å²) in [7, 11) is 0. The zero-order valence-corrected chi connectivity index (χ0v) is 13.1. The molecular weight excluding hydrogens is 288 g/mol. The molecule has 0 aromatic carbocycles. The number of hydrogen-bond donors (Lipinski definition) is 2. The lowest BCUT2D eigenvalue weighted by Crippen LogP contribution is -2.55. The highest BCUT2D eigenvalue weighted by atomic mass is 16.2. The molecule has 1 unspecified atom stereocenters. The summed E-state index contributed by atoms with van der Waals surface area (Å²) in [6, 6.07) is -0.753. The number of amides is 4. The van der Waals surface area contributed by atoms with Gasteiger partial charge in [-0.1, -0.05) is 0 Å². The van der Waals surface area contributed by atoms with Crippen LogP contribution in [0, 0.1) is 0 Å². The Labute approximate surface area is 129 Å². The first-order chi connectivity index (χ1) is 10.2. The van der Waals surface area contributed by atoms with E-state index in [4.69, 9.17) is 0 Å². The lowest BCUT2D eigenvalue weighted by molar-refractivity contribution is -0.140. The van der Waals surface area contributed by atoms with Gasteiger partial charge in [0.1, 0.15) is 18.2 Å². The fraction of sp³-hybridized carbons (Fsp3) is 0.714. The highest BCUT2D eigenvalue weighted by Gasteiger charge is 2.41. The minimum absolute atomic E-state index is 0.0172. The summed E-state index contributed by atoms with van der Waals surface area (Å²) in [6.45, 7) is 5.56. The fourth-order valence-electron chi connectivity index (χ4n) is 2.77. The van der Waals surface area contributed by atoms with Gasteiger partial charge in [0.25, 0.3) is 0 Å². The zero-order valence-electron chi connectivity index (χ0n) is 13.1. The Kier molecular flexibility index (Phi) is 4.39. The van der Waals surface area contributed by atoms with Gasteiger partial charge in [0.15, 0.2) is 0 Å². The van der Waals surface area contributed by atoms with E-state index in [1.807, 2.05) is 0 Å². The zero-order chi connectivity index (χ0) is 16.5. The van der Waals surface area contributed by atoms with Gasteiger partial charge in [0.05, 0.1) is 6.54 Å². The average molecular weight is 310 g/mol. The van der Waals surface area contributed by atoms with Crippen LogP contribution in [-0.4, -0.2) is 64.8 Å². The Morgan fingerprint density at radius 2 is 2.05 bits per heavy atom. The van der Waals surface area contributed by atoms with Crippen LogP contribution in [0.4, 0.5) is 0 Å². The van der Waals surface area contributed by atoms with Crippen molar-refractivity contribution in [1.29, 1.82) is 0 Å². The molecule has 1 atom stereocenters. The van der Waals surface area contributed by atoms with Gasteiger partial charge in [-0.3, -0.25) is 19.2 Å². The van der Waals surface area contributed by atoms with Crippen molar-refractivity contribution in [3.05, 3.63) is 0 Å². The minimum atomic E-state index is -0.766. The molecule has 0 aromatic heterocycles. The predicted molar refractivity (Wildman–Crippen MR) is 77.4 cm³/mol. The maximum absolute atomic E-state index is 12.4. The standard InChI is InChI=1S/C14H22N4O4/c1-9(13(22)18-8-11(20)16-14(18,2)3)15-10(19)7-17-6-4-5-12(17)21/h9H,4-8H2,1-3H3,(H,15,19)(H,16,20). The molecular formula is C14H22N4O4. The van der Waals surface area contributed by atoms with Crippen LogP contribution in [0.2, 0.25) is 0 Å². The van der Waals surface area contributed by atoms with Crippen LogP contribution in [0.25, 0.3) is 0 Å². The van der Waals surface area contributed by atoms with Crippen molar-refractivity contribution in [2.24, 2.45) is 0 Å². The molecule has 2 aliphatic rings. The average Bonchev–Trinajstić information content (AvgIpc) is 2.91. The summed E-state index contributed by atoms with van der Waals surface area (Å²) in [4.78, 5) is 50.1. The number of carbonyl (C=O) groups is 4. The van der Waals surface area contributed by atoms with Gasteiger partial charge in [0, 0.05) is 13.0 Å². The van der Waals surface area contributed by atoms with Crippen LogP contribution in [0.1, 0.15) is 33.6 Å². The predicted octanol–water partition coefficient (Wildman–Crippen LogP) is -1.19. The van der Waals surface area contributed by atoms with Crippen molar-refractivity contribution in [1.82, 2.24) is 20.4 Å². The molecule has 0 aromatic rings. The summed E-state index contributed by atoms with van der Waals surface area (Å²) in [6.07, 6.45) is 1.23. The molecule has 2 N–H and O–H groups in total. The van der Waals surface area contributed by atoms with Crippen molar-refractivity contribution >= 4 is 23.6 Å². The van der Waals surface area contributed by atoms with Gasteiger partial charge in [-0.05, 0) is 27.2 Å². The Morgan fingerprint density at radius 1 is 1.36 bits per heavy atom. The molecule has 4 amide bonds. The van der Waals surface area contributed by atoms with Gasteiger partial charge < -0.3 is 20.4 Å². The number of hydrogen-bond acceptors (Lipinski definition) is 4. The van der Waals surface area contributed by atoms with Gasteiger partial charge >= 0.3 is 0 Å². The Hall–Kier alpha value is -2.12. The Balaban J connectivity index is 1.89. The maximum Gasteiger partial charge on any atom is 0.247 e. The monoisotopic (exact) mass is 310 g/mol. The van der Waals surface area contributed by atoms with Crippen molar-refractivity contribution < 1.29 is 19.2 Å². The summed E-state index contributed by atoms with van der Waals surface area (Å²) in [5, 5.41) is 5.29. The fourth-order valence-corrected chi connectivity index (χ4v) is 2.77. The van der Waals surface area contributed by atoms with Gasteiger partial charge in [-0.15, -0.1) is 0 Å². The van der Waals surface area contributed by atoms with E-state index in [0.29, 0.717) is 13.0 Å². The largest absolute Gasteiger partial charge is 0.343 e. The molecule has 8 nitrogen and oxygen atoms in total. The SMILES string of the molecule is CC(NC(=O)CN1CCCC1=O)C(=O)N1CC(=O)NC1(C)C. The number of rotatable bonds is 4. The van der Waals surface area contributed by atoms with E-state index < -0.39 is 11.7 Å². The third-order valence-corrected chi connectivity index (χ3v) is 3.94. The molecule has 2 fully saturated rings. The Bertz CT molecular complexity index is 517. The van der Waals surface area contributed by atoms with Crippen molar-refractivity contribution in [3.63, 3.8) is 0 Å². The molecule has 8 heteroatoms. The topological polar surface area (TPSA) is 98.8 Å². The Morgan fingerprint density at radius 3 is 2.55 bits per heavy atom. The van der Waals surface area contributed by atoms with E-state index >= 15 is 0 Å². The summed E-state index contributed by atoms with van der Waals surface area (Å²) < 4.78 is 0. The second-order valence-corrected chi connectivity index (χ2v) is 6.24. The molecule has 0 spiro atoms. The smallest absolute Gasteiger partial charge is 0.247 e. The normalized spacial score (nSPS) is 21.8. The van der Waals surface area contributed by atoms with Crippen molar-refractivity contribution in [2.45, 2.75) is 45.3 Å². The van der Waals surface area contributed by atoms with E-state index in [9.17, 15) is 19.2 Å². The van der Waals surface area contributed by atoms with E-state index in [2.05, 4.69) is 10.6 Å². The highest BCUT2D eigenvalue weighted by molar-refractivity contribution is 5.94. The van der Waals surface area contributed by atoms with Crippen molar-refractivity contribution in [3.8, 4) is 0 Å². The molecule has 2 saturated heterocycles. The van der Waals surface area contributed by atoms with Crippen LogP contribution < -0.4 is 10.6 Å². The van der Waals surface area contributed by atoms with E-state index in [0.717, 1.165) is 6.42 Å². The lowest BCUT2D eigenvalue weighted by atomic mass is 10.2. The van der Waals surface area contributed by atoms with Crippen LogP contribution in [0.5, 0.6) is 0 Å². The number of nitrogens with one attached hydrogen (secondary N) is 2. The van der Waals surface area contributed by atoms with E-state index in [1.165, 1.54) is 9.80 Å². The third kappa shape index (κ3) is 3.37. The van der Waals surface area contributed by atoms with Crippen LogP contribution in [0.15, 0.2) is 0 Å². The molecule has 22 heavy (non-hydrogen) atoms. The maximum atomic E-state index is 12.4. The highest BCUT2D eigenvalue weighted by Crippen LogP contribution is 2.17. The molecule has 0 radical (unpaired) electrons. The molecule has 0 aliphatic carbocycles. The van der Waals surface area contributed by atoms with Gasteiger partial charge in [-0.25, -0.2) is 0 Å².